The van der Waals surface area contributed by atoms with E-state index in [1.54, 1.807) is 17.5 Å². The summed E-state index contributed by atoms with van der Waals surface area (Å²) in [7, 11) is 0. The van der Waals surface area contributed by atoms with Crippen LogP contribution >= 0.6 is 22.9 Å². The summed E-state index contributed by atoms with van der Waals surface area (Å²) >= 11 is 7.67. The number of hydrogen-bond donors (Lipinski definition) is 0. The summed E-state index contributed by atoms with van der Waals surface area (Å²) < 4.78 is 3.80. The van der Waals surface area contributed by atoms with Crippen LogP contribution in [0.15, 0.2) is 23.2 Å². The van der Waals surface area contributed by atoms with E-state index in [0.717, 1.165) is 25.5 Å². The molecular weight excluding hydrogens is 334 g/mol. The molecule has 3 aromatic rings. The summed E-state index contributed by atoms with van der Waals surface area (Å²) in [5.41, 5.74) is 2.54. The monoisotopic (exact) mass is 349 g/mol. The molecule has 4 heterocycles. The van der Waals surface area contributed by atoms with Crippen molar-refractivity contribution in [2.24, 2.45) is 0 Å². The third kappa shape index (κ3) is 2.84. The van der Waals surface area contributed by atoms with Gasteiger partial charge in [-0.1, -0.05) is 16.7 Å². The van der Waals surface area contributed by atoms with Crippen molar-refractivity contribution in [3.8, 4) is 0 Å². The minimum atomic E-state index is 0.301. The largest absolute Gasteiger partial charge is 0.337 e. The lowest BCUT2D eigenvalue weighted by molar-refractivity contribution is 0.493. The van der Waals surface area contributed by atoms with Gasteiger partial charge >= 0.3 is 0 Å². The zero-order valence-corrected chi connectivity index (χ0v) is 14.2. The highest BCUT2D eigenvalue weighted by Gasteiger charge is 2.28. The van der Waals surface area contributed by atoms with Crippen LogP contribution in [-0.4, -0.2) is 43.1 Å². The Morgan fingerprint density at radius 2 is 2.30 bits per heavy atom. The number of halogens is 1. The van der Waals surface area contributed by atoms with Gasteiger partial charge in [0.25, 0.3) is 0 Å². The fourth-order valence-corrected chi connectivity index (χ4v) is 3.88. The quantitative estimate of drug-likeness (QED) is 0.723. The molecule has 7 nitrogen and oxygen atoms in total. The molecule has 0 bridgehead atoms. The first-order valence-corrected chi connectivity index (χ1v) is 8.75. The molecule has 0 radical (unpaired) electrons. The molecule has 1 unspecified atom stereocenters. The first-order chi connectivity index (χ1) is 11.2. The van der Waals surface area contributed by atoms with Crippen molar-refractivity contribution in [2.75, 3.05) is 18.0 Å². The van der Waals surface area contributed by atoms with E-state index in [2.05, 4.69) is 43.2 Å². The summed E-state index contributed by atoms with van der Waals surface area (Å²) in [6.45, 7) is 4.56. The molecule has 1 aliphatic rings. The molecule has 0 aliphatic carbocycles. The predicted molar refractivity (Wildman–Crippen MR) is 89.1 cm³/mol. The average Bonchev–Trinajstić information content (AvgIpc) is 3.28. The molecule has 9 heteroatoms. The van der Waals surface area contributed by atoms with Gasteiger partial charge in [0.05, 0.1) is 23.8 Å². The second kappa shape index (κ2) is 5.93. The van der Waals surface area contributed by atoms with Gasteiger partial charge in [0.1, 0.15) is 0 Å². The van der Waals surface area contributed by atoms with Crippen LogP contribution in [0.5, 0.6) is 0 Å². The second-order valence-corrected chi connectivity index (χ2v) is 6.92. The smallest absolute Gasteiger partial charge is 0.245 e. The molecule has 1 fully saturated rings. The fourth-order valence-electron chi connectivity index (χ4n) is 2.89. The van der Waals surface area contributed by atoms with Crippen molar-refractivity contribution < 1.29 is 0 Å². The molecule has 0 spiro atoms. The van der Waals surface area contributed by atoms with Gasteiger partial charge in [0, 0.05) is 19.3 Å². The van der Waals surface area contributed by atoms with E-state index in [1.807, 2.05) is 15.6 Å². The first-order valence-electron chi connectivity index (χ1n) is 7.43. The molecule has 3 aromatic heterocycles. The maximum Gasteiger partial charge on any atom is 0.245 e. The lowest BCUT2D eigenvalue weighted by Crippen LogP contribution is -2.25. The molecule has 1 aliphatic heterocycles. The number of hydrogen-bond acceptors (Lipinski definition) is 6. The van der Waals surface area contributed by atoms with Crippen LogP contribution in [0.1, 0.15) is 23.6 Å². The zero-order valence-electron chi connectivity index (χ0n) is 12.6. The Hall–Kier alpha value is -1.93. The van der Waals surface area contributed by atoms with Crippen molar-refractivity contribution in [1.29, 1.82) is 0 Å². The molecule has 0 saturated carbocycles. The Kier molecular flexibility index (Phi) is 3.78. The lowest BCUT2D eigenvalue weighted by atomic mass is 10.2. The Bertz CT molecular complexity index is 808. The Labute approximate surface area is 142 Å². The van der Waals surface area contributed by atoms with Crippen LogP contribution in [-0.2, 0) is 6.54 Å². The molecular formula is C14H16ClN7S. The number of tetrazole rings is 1. The summed E-state index contributed by atoms with van der Waals surface area (Å²) in [6, 6.07) is 0.301. The highest BCUT2D eigenvalue weighted by Crippen LogP contribution is 2.26. The maximum atomic E-state index is 5.96. The summed E-state index contributed by atoms with van der Waals surface area (Å²) in [5.74, 6) is 0.816. The molecule has 120 valence electrons. The molecule has 1 saturated heterocycles. The van der Waals surface area contributed by atoms with E-state index < -0.39 is 0 Å². The number of aromatic nitrogens is 6. The van der Waals surface area contributed by atoms with E-state index in [-0.39, 0.29) is 0 Å². The van der Waals surface area contributed by atoms with Crippen molar-refractivity contribution >= 4 is 28.9 Å². The van der Waals surface area contributed by atoms with Crippen molar-refractivity contribution in [1.82, 2.24) is 30.0 Å². The van der Waals surface area contributed by atoms with Gasteiger partial charge < -0.3 is 4.90 Å². The minimum absolute atomic E-state index is 0.301. The molecule has 0 N–H and O–H groups in total. The van der Waals surface area contributed by atoms with E-state index in [1.165, 1.54) is 11.1 Å². The topological polar surface area (TPSA) is 64.7 Å². The second-order valence-electron chi connectivity index (χ2n) is 5.74. The van der Waals surface area contributed by atoms with Gasteiger partial charge in [0.2, 0.25) is 5.95 Å². The Morgan fingerprint density at radius 1 is 1.39 bits per heavy atom. The molecule has 1 atom stereocenters. The SMILES string of the molecule is Cc1cscc1Cn1nnnc1N1CCC(n2cc(Cl)cn2)C1. The first kappa shape index (κ1) is 14.6. The zero-order chi connectivity index (χ0) is 15.8. The van der Waals surface area contributed by atoms with Crippen LogP contribution in [0.4, 0.5) is 5.95 Å². The molecule has 23 heavy (non-hydrogen) atoms. The summed E-state index contributed by atoms with van der Waals surface area (Å²) in [5, 5.41) is 21.5. The highest BCUT2D eigenvalue weighted by atomic mass is 35.5. The average molecular weight is 350 g/mol. The van der Waals surface area contributed by atoms with Crippen LogP contribution in [0.3, 0.4) is 0 Å². The highest BCUT2D eigenvalue weighted by molar-refractivity contribution is 7.08. The number of rotatable bonds is 4. The maximum absolute atomic E-state index is 5.96. The summed E-state index contributed by atoms with van der Waals surface area (Å²) in [6.07, 6.45) is 4.55. The minimum Gasteiger partial charge on any atom is -0.337 e. The van der Waals surface area contributed by atoms with Crippen molar-refractivity contribution in [3.05, 3.63) is 39.3 Å². The number of anilines is 1. The van der Waals surface area contributed by atoms with E-state index in [0.29, 0.717) is 17.6 Å². The van der Waals surface area contributed by atoms with Crippen molar-refractivity contribution in [3.63, 3.8) is 0 Å². The third-order valence-electron chi connectivity index (χ3n) is 4.19. The van der Waals surface area contributed by atoms with Gasteiger partial charge in [-0.2, -0.15) is 16.4 Å². The van der Waals surface area contributed by atoms with Crippen LogP contribution in [0.25, 0.3) is 0 Å². The molecule has 0 aromatic carbocycles. The summed E-state index contributed by atoms with van der Waals surface area (Å²) in [4.78, 5) is 2.21. The molecule has 0 amide bonds. The van der Waals surface area contributed by atoms with Gasteiger partial charge in [-0.15, -0.1) is 0 Å². The number of thiophene rings is 1. The Morgan fingerprint density at radius 3 is 3.04 bits per heavy atom. The van der Waals surface area contributed by atoms with Gasteiger partial charge in [-0.25, -0.2) is 4.68 Å². The van der Waals surface area contributed by atoms with Crippen LogP contribution in [0, 0.1) is 6.92 Å². The van der Waals surface area contributed by atoms with E-state index >= 15 is 0 Å². The van der Waals surface area contributed by atoms with Crippen LogP contribution in [0.2, 0.25) is 5.02 Å². The van der Waals surface area contributed by atoms with E-state index in [9.17, 15) is 0 Å². The van der Waals surface area contributed by atoms with Gasteiger partial charge in [-0.05, 0) is 45.7 Å². The van der Waals surface area contributed by atoms with Gasteiger partial charge in [0.15, 0.2) is 0 Å². The Balaban J connectivity index is 1.51. The van der Waals surface area contributed by atoms with Crippen LogP contribution < -0.4 is 4.90 Å². The molecule has 4 rings (SSSR count). The fraction of sp³-hybridized carbons (Fsp3) is 0.429. The normalized spacial score (nSPS) is 18.0. The third-order valence-corrected chi connectivity index (χ3v) is 5.29. The van der Waals surface area contributed by atoms with Gasteiger partial charge in [-0.3, -0.25) is 4.68 Å². The van der Waals surface area contributed by atoms with Crippen molar-refractivity contribution in [2.45, 2.75) is 25.9 Å². The predicted octanol–water partition coefficient (Wildman–Crippen LogP) is 2.39. The number of nitrogens with zero attached hydrogens (tertiary/aromatic N) is 7. The standard InChI is InChI=1S/C14H16ClN7S/c1-10-8-23-9-11(10)5-22-14(17-18-19-22)20-3-2-13(7-20)21-6-12(15)4-16-21/h4,6,8-9,13H,2-3,5,7H2,1H3. The lowest BCUT2D eigenvalue weighted by Gasteiger charge is -2.17. The number of aryl methyl sites for hydroxylation is 1. The van der Waals surface area contributed by atoms with E-state index in [4.69, 9.17) is 11.6 Å².